The van der Waals surface area contributed by atoms with Gasteiger partial charge in [-0.3, -0.25) is 9.59 Å². The van der Waals surface area contributed by atoms with Crippen molar-refractivity contribution in [2.24, 2.45) is 5.92 Å². The average Bonchev–Trinajstić information content (AvgIpc) is 2.98. The fraction of sp³-hybridized carbons (Fsp3) is 0.389. The quantitative estimate of drug-likeness (QED) is 0.904. The van der Waals surface area contributed by atoms with Crippen LogP contribution in [0.3, 0.4) is 0 Å². The van der Waals surface area contributed by atoms with Gasteiger partial charge in [0.25, 0.3) is 5.91 Å². The maximum atomic E-state index is 12.4. The summed E-state index contributed by atoms with van der Waals surface area (Å²) in [5.74, 6) is -0.209. The molecule has 0 aliphatic carbocycles. The maximum Gasteiger partial charge on any atom is 0.276 e. The van der Waals surface area contributed by atoms with Crippen LogP contribution < -0.4 is 10.6 Å². The van der Waals surface area contributed by atoms with Crippen LogP contribution in [0, 0.1) is 5.92 Å². The predicted octanol–water partition coefficient (Wildman–Crippen LogP) is 2.22. The van der Waals surface area contributed by atoms with Crippen LogP contribution in [0.25, 0.3) is 0 Å². The zero-order valence-corrected chi connectivity index (χ0v) is 14.0. The zero-order chi connectivity index (χ0) is 17.1. The van der Waals surface area contributed by atoms with Gasteiger partial charge in [0.1, 0.15) is 5.69 Å². The van der Waals surface area contributed by atoms with Gasteiger partial charge in [-0.2, -0.15) is 0 Å². The van der Waals surface area contributed by atoms with Gasteiger partial charge in [-0.05, 0) is 38.8 Å². The third kappa shape index (κ3) is 3.48. The number of nitrogens with one attached hydrogen (secondary N) is 2. The lowest BCUT2D eigenvalue weighted by Gasteiger charge is -2.24. The molecular formula is C18H22N4O2. The fourth-order valence-corrected chi connectivity index (χ4v) is 2.98. The summed E-state index contributed by atoms with van der Waals surface area (Å²) in [6, 6.07) is 9.45. The largest absolute Gasteiger partial charge is 0.354 e. The lowest BCUT2D eigenvalue weighted by Crippen LogP contribution is -2.39. The molecule has 6 heteroatoms. The van der Waals surface area contributed by atoms with E-state index >= 15 is 0 Å². The Morgan fingerprint density at radius 2 is 2.00 bits per heavy atom. The molecule has 1 atom stereocenters. The summed E-state index contributed by atoms with van der Waals surface area (Å²) in [6.07, 6.45) is 3.06. The molecule has 1 unspecified atom stereocenters. The zero-order valence-electron chi connectivity index (χ0n) is 14.0. The highest BCUT2D eigenvalue weighted by Gasteiger charge is 2.28. The number of amides is 2. The van der Waals surface area contributed by atoms with Gasteiger partial charge in [-0.25, -0.2) is 4.98 Å². The van der Waals surface area contributed by atoms with Crippen LogP contribution in [0.5, 0.6) is 0 Å². The summed E-state index contributed by atoms with van der Waals surface area (Å²) in [6.45, 7) is 4.48. The summed E-state index contributed by atoms with van der Waals surface area (Å²) in [5.41, 5.74) is 2.09. The SMILES string of the molecule is CC(C)NC(=O)C1CCc2c(C(=O)Nc3ccccc3)ncn2C1. The van der Waals surface area contributed by atoms with Gasteiger partial charge >= 0.3 is 0 Å². The predicted molar refractivity (Wildman–Crippen MR) is 91.7 cm³/mol. The third-order valence-electron chi connectivity index (χ3n) is 4.14. The molecule has 2 heterocycles. The van der Waals surface area contributed by atoms with Crippen molar-refractivity contribution in [3.8, 4) is 0 Å². The normalized spacial score (nSPS) is 16.5. The number of anilines is 1. The Morgan fingerprint density at radius 1 is 1.25 bits per heavy atom. The summed E-state index contributed by atoms with van der Waals surface area (Å²) in [4.78, 5) is 28.9. The molecule has 24 heavy (non-hydrogen) atoms. The Morgan fingerprint density at radius 3 is 2.71 bits per heavy atom. The van der Waals surface area contributed by atoms with Crippen LogP contribution >= 0.6 is 0 Å². The molecule has 2 N–H and O–H groups in total. The lowest BCUT2D eigenvalue weighted by atomic mass is 9.96. The standard InChI is InChI=1S/C18H22N4O2/c1-12(2)20-17(23)13-8-9-15-16(19-11-22(15)10-13)18(24)21-14-6-4-3-5-7-14/h3-7,11-13H,8-10H2,1-2H3,(H,20,23)(H,21,24). The number of fused-ring (bicyclic) bond motifs is 1. The first-order chi connectivity index (χ1) is 11.5. The number of nitrogens with zero attached hydrogens (tertiary/aromatic N) is 2. The van der Waals surface area contributed by atoms with Crippen molar-refractivity contribution < 1.29 is 9.59 Å². The second-order valence-electron chi connectivity index (χ2n) is 6.41. The first-order valence-electron chi connectivity index (χ1n) is 8.25. The Kier molecular flexibility index (Phi) is 4.64. The first kappa shape index (κ1) is 16.2. The minimum atomic E-state index is -0.208. The summed E-state index contributed by atoms with van der Waals surface area (Å²) < 4.78 is 1.92. The number of imidazole rings is 1. The average molecular weight is 326 g/mol. The number of benzene rings is 1. The van der Waals surface area contributed by atoms with Crippen molar-refractivity contribution >= 4 is 17.5 Å². The highest BCUT2D eigenvalue weighted by atomic mass is 16.2. The number of hydrogen-bond acceptors (Lipinski definition) is 3. The van der Waals surface area contributed by atoms with Crippen LogP contribution in [0.15, 0.2) is 36.7 Å². The van der Waals surface area contributed by atoms with Gasteiger partial charge in [-0.1, -0.05) is 18.2 Å². The monoisotopic (exact) mass is 326 g/mol. The van der Waals surface area contributed by atoms with Gasteiger partial charge in [0, 0.05) is 18.3 Å². The van der Waals surface area contributed by atoms with E-state index in [0.29, 0.717) is 18.7 Å². The minimum absolute atomic E-state index is 0.0691. The van der Waals surface area contributed by atoms with Gasteiger partial charge in [-0.15, -0.1) is 0 Å². The maximum absolute atomic E-state index is 12.4. The molecule has 0 radical (unpaired) electrons. The van der Waals surface area contributed by atoms with E-state index in [9.17, 15) is 9.59 Å². The van der Waals surface area contributed by atoms with Crippen LogP contribution in [0.1, 0.15) is 36.5 Å². The van der Waals surface area contributed by atoms with Gasteiger partial charge < -0.3 is 15.2 Å². The van der Waals surface area contributed by atoms with E-state index < -0.39 is 0 Å². The van der Waals surface area contributed by atoms with Crippen LogP contribution in [0.2, 0.25) is 0 Å². The number of aromatic nitrogens is 2. The van der Waals surface area contributed by atoms with E-state index in [2.05, 4.69) is 15.6 Å². The smallest absolute Gasteiger partial charge is 0.276 e. The molecule has 0 bridgehead atoms. The van der Waals surface area contributed by atoms with Crippen molar-refractivity contribution in [2.45, 2.75) is 39.3 Å². The highest BCUT2D eigenvalue weighted by Crippen LogP contribution is 2.23. The molecule has 1 aromatic heterocycles. The molecule has 1 aliphatic rings. The van der Waals surface area contributed by atoms with Crippen molar-refractivity contribution in [1.82, 2.24) is 14.9 Å². The molecule has 3 rings (SSSR count). The Bertz CT molecular complexity index is 737. The van der Waals surface area contributed by atoms with Crippen LogP contribution in [-0.2, 0) is 17.8 Å². The van der Waals surface area contributed by atoms with E-state index in [0.717, 1.165) is 17.8 Å². The third-order valence-corrected chi connectivity index (χ3v) is 4.14. The molecule has 0 fully saturated rings. The second-order valence-corrected chi connectivity index (χ2v) is 6.41. The summed E-state index contributed by atoms with van der Waals surface area (Å²) in [5, 5.41) is 5.81. The molecule has 6 nitrogen and oxygen atoms in total. The molecule has 1 aromatic carbocycles. The molecule has 2 aromatic rings. The molecular weight excluding hydrogens is 304 g/mol. The molecule has 126 valence electrons. The van der Waals surface area contributed by atoms with Gasteiger partial charge in [0.05, 0.1) is 17.9 Å². The van der Waals surface area contributed by atoms with Gasteiger partial charge in [0.2, 0.25) is 5.91 Å². The van der Waals surface area contributed by atoms with Crippen molar-refractivity contribution in [2.75, 3.05) is 5.32 Å². The van der Waals surface area contributed by atoms with E-state index in [1.807, 2.05) is 48.7 Å². The molecule has 2 amide bonds. The molecule has 0 saturated heterocycles. The van der Waals surface area contributed by atoms with Crippen LogP contribution in [-0.4, -0.2) is 27.4 Å². The molecule has 0 saturated carbocycles. The van der Waals surface area contributed by atoms with Crippen molar-refractivity contribution in [1.29, 1.82) is 0 Å². The Balaban J connectivity index is 1.71. The number of para-hydroxylation sites is 1. The number of hydrogen-bond donors (Lipinski definition) is 2. The van der Waals surface area contributed by atoms with E-state index in [4.69, 9.17) is 0 Å². The first-order valence-corrected chi connectivity index (χ1v) is 8.25. The van der Waals surface area contributed by atoms with E-state index in [1.165, 1.54) is 0 Å². The summed E-state index contributed by atoms with van der Waals surface area (Å²) in [7, 11) is 0. The van der Waals surface area contributed by atoms with E-state index in [-0.39, 0.29) is 23.8 Å². The summed E-state index contributed by atoms with van der Waals surface area (Å²) >= 11 is 0. The Labute approximate surface area is 141 Å². The highest BCUT2D eigenvalue weighted by molar-refractivity contribution is 6.03. The van der Waals surface area contributed by atoms with Crippen LogP contribution in [0.4, 0.5) is 5.69 Å². The number of rotatable bonds is 4. The van der Waals surface area contributed by atoms with Crippen molar-refractivity contribution in [3.63, 3.8) is 0 Å². The topological polar surface area (TPSA) is 76.0 Å². The fourth-order valence-electron chi connectivity index (χ4n) is 2.98. The number of carbonyl (C=O) groups excluding carboxylic acids is 2. The lowest BCUT2D eigenvalue weighted by molar-refractivity contribution is -0.126. The second kappa shape index (κ2) is 6.86. The molecule has 1 aliphatic heterocycles. The Hall–Kier alpha value is -2.63. The van der Waals surface area contributed by atoms with E-state index in [1.54, 1.807) is 6.33 Å². The molecule has 0 spiro atoms. The minimum Gasteiger partial charge on any atom is -0.354 e. The number of carbonyl (C=O) groups is 2. The van der Waals surface area contributed by atoms with Crippen molar-refractivity contribution in [3.05, 3.63) is 48.0 Å². The van der Waals surface area contributed by atoms with Gasteiger partial charge in [0.15, 0.2) is 0 Å².